The van der Waals surface area contributed by atoms with Crippen molar-refractivity contribution in [1.29, 1.82) is 0 Å². The Labute approximate surface area is 162 Å². The zero-order valence-corrected chi connectivity index (χ0v) is 15.2. The molecule has 0 spiro atoms. The number of hydrogen-bond acceptors (Lipinski definition) is 5. The van der Waals surface area contributed by atoms with E-state index in [1.807, 2.05) is 42.5 Å². The Morgan fingerprint density at radius 2 is 1.79 bits per heavy atom. The fourth-order valence-electron chi connectivity index (χ4n) is 2.89. The normalized spacial score (nSPS) is 10.7. The van der Waals surface area contributed by atoms with E-state index in [-0.39, 0.29) is 5.91 Å². The zero-order chi connectivity index (χ0) is 19.2. The van der Waals surface area contributed by atoms with E-state index in [1.165, 1.54) is 5.56 Å². The lowest BCUT2D eigenvalue weighted by atomic mass is 10.1. The van der Waals surface area contributed by atoms with Gasteiger partial charge < -0.3 is 14.2 Å². The van der Waals surface area contributed by atoms with Crippen LogP contribution in [0, 0.1) is 0 Å². The van der Waals surface area contributed by atoms with Gasteiger partial charge in [0, 0.05) is 17.7 Å². The van der Waals surface area contributed by atoms with Gasteiger partial charge in [-0.3, -0.25) is 4.79 Å². The molecule has 1 N–H and O–H groups in total. The molecule has 0 saturated carbocycles. The average molecular weight is 373 g/mol. The lowest BCUT2D eigenvalue weighted by molar-refractivity contribution is -0.116. The Morgan fingerprint density at radius 1 is 0.929 bits per heavy atom. The van der Waals surface area contributed by atoms with Crippen LogP contribution in [-0.2, 0) is 11.2 Å². The number of nitrogens with zero attached hydrogens (tertiary/aromatic N) is 2. The molecule has 0 aliphatic heterocycles. The number of carbonyl (C=O) groups is 1. The number of furan rings is 1. The molecule has 2 aromatic heterocycles. The first-order valence-corrected chi connectivity index (χ1v) is 9.09. The van der Waals surface area contributed by atoms with Crippen LogP contribution < -0.4 is 5.32 Å². The van der Waals surface area contributed by atoms with E-state index in [0.717, 1.165) is 18.4 Å². The predicted molar refractivity (Wildman–Crippen MR) is 105 cm³/mol. The summed E-state index contributed by atoms with van der Waals surface area (Å²) in [5.74, 6) is 1.18. The first-order chi connectivity index (χ1) is 13.8. The molecule has 140 valence electrons. The van der Waals surface area contributed by atoms with E-state index >= 15 is 0 Å². The van der Waals surface area contributed by atoms with Gasteiger partial charge >= 0.3 is 0 Å². The van der Waals surface area contributed by atoms with Crippen molar-refractivity contribution in [1.82, 2.24) is 10.2 Å². The molecule has 0 saturated heterocycles. The second kappa shape index (κ2) is 8.35. The van der Waals surface area contributed by atoms with Crippen molar-refractivity contribution < 1.29 is 13.6 Å². The molecule has 0 radical (unpaired) electrons. The first-order valence-electron chi connectivity index (χ1n) is 9.09. The van der Waals surface area contributed by atoms with Gasteiger partial charge in [0.15, 0.2) is 5.76 Å². The summed E-state index contributed by atoms with van der Waals surface area (Å²) in [6.45, 7) is 0. The summed E-state index contributed by atoms with van der Waals surface area (Å²) in [7, 11) is 0. The van der Waals surface area contributed by atoms with E-state index in [2.05, 4.69) is 27.6 Å². The summed E-state index contributed by atoms with van der Waals surface area (Å²) in [5.41, 5.74) is 2.66. The highest BCUT2D eigenvalue weighted by Crippen LogP contribution is 2.25. The van der Waals surface area contributed by atoms with Crippen LogP contribution in [-0.4, -0.2) is 16.1 Å². The number of hydrogen-bond donors (Lipinski definition) is 1. The molecule has 2 heterocycles. The van der Waals surface area contributed by atoms with Gasteiger partial charge in [0.2, 0.25) is 11.8 Å². The number of anilines is 1. The fraction of sp³-hybridized carbons (Fsp3) is 0.136. The monoisotopic (exact) mass is 373 g/mol. The molecule has 0 unspecified atom stereocenters. The van der Waals surface area contributed by atoms with Crippen LogP contribution in [0.25, 0.3) is 23.1 Å². The minimum atomic E-state index is -0.0186. The fourth-order valence-corrected chi connectivity index (χ4v) is 2.89. The molecule has 0 aliphatic carbocycles. The largest absolute Gasteiger partial charge is 0.459 e. The lowest BCUT2D eigenvalue weighted by Gasteiger charge is -2.06. The van der Waals surface area contributed by atoms with Crippen molar-refractivity contribution in [3.8, 4) is 23.1 Å². The van der Waals surface area contributed by atoms with Gasteiger partial charge in [-0.05, 0) is 48.7 Å². The summed E-state index contributed by atoms with van der Waals surface area (Å²) in [4.78, 5) is 12.2. The van der Waals surface area contributed by atoms with E-state index in [0.29, 0.717) is 29.6 Å². The number of aryl methyl sites for hydroxylation is 1. The van der Waals surface area contributed by atoms with E-state index < -0.39 is 0 Å². The molecule has 0 bridgehead atoms. The first kappa shape index (κ1) is 17.7. The number of nitrogens with one attached hydrogen (secondary N) is 1. The van der Waals surface area contributed by atoms with Crippen LogP contribution in [0.1, 0.15) is 18.4 Å². The second-order valence-electron chi connectivity index (χ2n) is 6.36. The molecule has 0 atom stereocenters. The van der Waals surface area contributed by atoms with Gasteiger partial charge in [0.05, 0.1) is 6.26 Å². The quantitative estimate of drug-likeness (QED) is 0.495. The minimum absolute atomic E-state index is 0.0186. The van der Waals surface area contributed by atoms with Crippen molar-refractivity contribution in [2.45, 2.75) is 19.3 Å². The van der Waals surface area contributed by atoms with Crippen molar-refractivity contribution >= 4 is 11.6 Å². The Hall–Kier alpha value is -3.67. The number of aromatic nitrogens is 2. The summed E-state index contributed by atoms with van der Waals surface area (Å²) in [6, 6.07) is 21.0. The standard InChI is InChI=1S/C22H19N3O3/c26-20(13-4-9-16-7-2-1-3-8-16)23-18-11-5-10-17(15-18)21-24-25-22(28-21)19-12-6-14-27-19/h1-3,5-8,10-12,14-15H,4,9,13H2,(H,23,26). The smallest absolute Gasteiger partial charge is 0.283 e. The molecule has 28 heavy (non-hydrogen) atoms. The minimum Gasteiger partial charge on any atom is -0.459 e. The molecule has 0 aliphatic rings. The van der Waals surface area contributed by atoms with Crippen LogP contribution in [0.3, 0.4) is 0 Å². The highest BCUT2D eigenvalue weighted by molar-refractivity contribution is 5.91. The molecule has 0 fully saturated rings. The highest BCUT2D eigenvalue weighted by atomic mass is 16.4. The van der Waals surface area contributed by atoms with Crippen LogP contribution >= 0.6 is 0 Å². The van der Waals surface area contributed by atoms with Gasteiger partial charge in [-0.25, -0.2) is 0 Å². The van der Waals surface area contributed by atoms with Crippen molar-refractivity contribution in [2.75, 3.05) is 5.32 Å². The molecule has 2 aromatic carbocycles. The van der Waals surface area contributed by atoms with Crippen LogP contribution in [0.4, 0.5) is 5.69 Å². The van der Waals surface area contributed by atoms with Crippen LogP contribution in [0.5, 0.6) is 0 Å². The number of carbonyl (C=O) groups excluding carboxylic acids is 1. The Morgan fingerprint density at radius 3 is 2.61 bits per heavy atom. The van der Waals surface area contributed by atoms with Gasteiger partial charge in [0.25, 0.3) is 5.89 Å². The third kappa shape index (κ3) is 4.35. The van der Waals surface area contributed by atoms with Gasteiger partial charge in [0.1, 0.15) is 0 Å². The Balaban J connectivity index is 1.36. The second-order valence-corrected chi connectivity index (χ2v) is 6.36. The lowest BCUT2D eigenvalue weighted by Crippen LogP contribution is -2.11. The van der Waals surface area contributed by atoms with E-state index in [4.69, 9.17) is 8.83 Å². The Kier molecular flexibility index (Phi) is 5.29. The summed E-state index contributed by atoms with van der Waals surface area (Å²) in [6.07, 6.45) is 3.69. The average Bonchev–Trinajstić information content (AvgIpc) is 3.41. The zero-order valence-electron chi connectivity index (χ0n) is 15.2. The van der Waals surface area contributed by atoms with Gasteiger partial charge in [-0.2, -0.15) is 0 Å². The third-order valence-corrected chi connectivity index (χ3v) is 4.26. The predicted octanol–water partition coefficient (Wildman–Crippen LogP) is 4.96. The van der Waals surface area contributed by atoms with E-state index in [9.17, 15) is 4.79 Å². The highest BCUT2D eigenvalue weighted by Gasteiger charge is 2.13. The molecule has 4 rings (SSSR count). The van der Waals surface area contributed by atoms with E-state index in [1.54, 1.807) is 18.4 Å². The maximum Gasteiger partial charge on any atom is 0.283 e. The van der Waals surface area contributed by atoms with Gasteiger partial charge in [-0.15, -0.1) is 10.2 Å². The number of rotatable bonds is 7. The third-order valence-electron chi connectivity index (χ3n) is 4.26. The van der Waals surface area contributed by atoms with Crippen molar-refractivity contribution in [2.24, 2.45) is 0 Å². The molecule has 1 amide bonds. The SMILES string of the molecule is O=C(CCCc1ccccc1)Nc1cccc(-c2nnc(-c3ccco3)o2)c1. The Bertz CT molecular complexity index is 1040. The maximum absolute atomic E-state index is 12.2. The molecular formula is C22H19N3O3. The maximum atomic E-state index is 12.2. The molecule has 4 aromatic rings. The topological polar surface area (TPSA) is 81.2 Å². The van der Waals surface area contributed by atoms with Crippen LogP contribution in [0.2, 0.25) is 0 Å². The summed E-state index contributed by atoms with van der Waals surface area (Å²) in [5, 5.41) is 11.0. The van der Waals surface area contributed by atoms with Crippen molar-refractivity contribution in [3.05, 3.63) is 78.6 Å². The molecular weight excluding hydrogens is 354 g/mol. The summed E-state index contributed by atoms with van der Waals surface area (Å²) < 4.78 is 10.9. The van der Waals surface area contributed by atoms with Gasteiger partial charge in [-0.1, -0.05) is 36.4 Å². The van der Waals surface area contributed by atoms with Crippen molar-refractivity contribution in [3.63, 3.8) is 0 Å². The number of amides is 1. The molecule has 6 heteroatoms. The number of benzene rings is 2. The summed E-state index contributed by atoms with van der Waals surface area (Å²) >= 11 is 0. The van der Waals surface area contributed by atoms with Crippen LogP contribution in [0.15, 0.2) is 81.8 Å². The molecule has 6 nitrogen and oxygen atoms in total.